The second-order valence-electron chi connectivity index (χ2n) is 7.43. The highest BCUT2D eigenvalue weighted by Crippen LogP contribution is 2.38. The maximum atomic E-state index is 12.8. The SMILES string of the molecule is CC[C@@H](C)NC(=O)NC(=O)COC(=O)CN1C(=O)N[C@]2(CCCC[C@@H]2C)C1=O. The molecule has 1 saturated heterocycles. The summed E-state index contributed by atoms with van der Waals surface area (Å²) >= 11 is 0. The third-order valence-corrected chi connectivity index (χ3v) is 5.40. The van der Waals surface area contributed by atoms with E-state index < -0.39 is 48.5 Å². The summed E-state index contributed by atoms with van der Waals surface area (Å²) < 4.78 is 4.79. The molecule has 6 amide bonds. The van der Waals surface area contributed by atoms with E-state index in [1.807, 2.05) is 19.2 Å². The maximum absolute atomic E-state index is 12.8. The molecule has 28 heavy (non-hydrogen) atoms. The first-order valence-electron chi connectivity index (χ1n) is 9.59. The van der Waals surface area contributed by atoms with Crippen molar-refractivity contribution in [1.29, 1.82) is 0 Å². The van der Waals surface area contributed by atoms with Crippen LogP contribution in [0.1, 0.15) is 52.9 Å². The second kappa shape index (κ2) is 9.03. The minimum absolute atomic E-state index is 0.0199. The fourth-order valence-corrected chi connectivity index (χ4v) is 3.48. The van der Waals surface area contributed by atoms with Gasteiger partial charge in [-0.1, -0.05) is 26.7 Å². The lowest BCUT2D eigenvalue weighted by atomic mass is 9.73. The monoisotopic (exact) mass is 396 g/mol. The average molecular weight is 396 g/mol. The Labute approximate surface area is 163 Å². The summed E-state index contributed by atoms with van der Waals surface area (Å²) in [4.78, 5) is 61.0. The molecule has 2 fully saturated rings. The van der Waals surface area contributed by atoms with E-state index in [-0.39, 0.29) is 12.0 Å². The largest absolute Gasteiger partial charge is 0.454 e. The molecule has 3 atom stereocenters. The van der Waals surface area contributed by atoms with Gasteiger partial charge in [0.1, 0.15) is 12.1 Å². The predicted molar refractivity (Wildman–Crippen MR) is 98.0 cm³/mol. The standard InChI is InChI=1S/C18H28N4O6/c1-4-12(3)19-16(26)20-13(23)10-28-14(24)9-22-15(25)18(21-17(22)27)8-6-5-7-11(18)2/h11-12H,4-10H2,1-3H3,(H,21,27)(H2,19,20,23,26)/t11-,12+,18-/m0/s1. The molecule has 1 aliphatic heterocycles. The van der Waals surface area contributed by atoms with E-state index >= 15 is 0 Å². The summed E-state index contributed by atoms with van der Waals surface area (Å²) in [5, 5.41) is 7.31. The fourth-order valence-electron chi connectivity index (χ4n) is 3.48. The topological polar surface area (TPSA) is 134 Å². The Hall–Kier alpha value is -2.65. The van der Waals surface area contributed by atoms with Crippen molar-refractivity contribution in [2.75, 3.05) is 13.2 Å². The number of nitrogens with one attached hydrogen (secondary N) is 3. The van der Waals surface area contributed by atoms with Crippen LogP contribution in [0.15, 0.2) is 0 Å². The molecule has 3 N–H and O–H groups in total. The van der Waals surface area contributed by atoms with Crippen molar-refractivity contribution in [1.82, 2.24) is 20.9 Å². The number of rotatable bonds is 6. The molecule has 0 bridgehead atoms. The molecule has 10 nitrogen and oxygen atoms in total. The molecule has 156 valence electrons. The molecule has 2 rings (SSSR count). The summed E-state index contributed by atoms with van der Waals surface area (Å²) in [6, 6.07) is -1.42. The van der Waals surface area contributed by atoms with Crippen LogP contribution in [0, 0.1) is 5.92 Å². The van der Waals surface area contributed by atoms with E-state index in [1.54, 1.807) is 6.92 Å². The minimum Gasteiger partial charge on any atom is -0.454 e. The van der Waals surface area contributed by atoms with Crippen molar-refractivity contribution in [2.24, 2.45) is 5.92 Å². The molecule has 1 aliphatic carbocycles. The first-order valence-corrected chi connectivity index (χ1v) is 9.59. The molecule has 0 aromatic carbocycles. The Balaban J connectivity index is 1.83. The average Bonchev–Trinajstić information content (AvgIpc) is 2.87. The van der Waals surface area contributed by atoms with E-state index in [0.717, 1.165) is 24.2 Å². The Morgan fingerprint density at radius 1 is 1.32 bits per heavy atom. The van der Waals surface area contributed by atoms with Crippen LogP contribution in [0.25, 0.3) is 0 Å². The van der Waals surface area contributed by atoms with Crippen LogP contribution >= 0.6 is 0 Å². The third kappa shape index (κ3) is 4.79. The van der Waals surface area contributed by atoms with Gasteiger partial charge in [0.15, 0.2) is 6.61 Å². The van der Waals surface area contributed by atoms with Gasteiger partial charge >= 0.3 is 18.0 Å². The number of ether oxygens (including phenoxy) is 1. The molecule has 0 unspecified atom stereocenters. The number of urea groups is 2. The van der Waals surface area contributed by atoms with Crippen LogP contribution in [0.2, 0.25) is 0 Å². The van der Waals surface area contributed by atoms with Gasteiger partial charge in [-0.25, -0.2) is 9.59 Å². The van der Waals surface area contributed by atoms with Gasteiger partial charge < -0.3 is 15.4 Å². The molecular weight excluding hydrogens is 368 g/mol. The molecule has 0 radical (unpaired) electrons. The highest BCUT2D eigenvalue weighted by molar-refractivity contribution is 6.09. The van der Waals surface area contributed by atoms with Gasteiger partial charge in [0, 0.05) is 6.04 Å². The van der Waals surface area contributed by atoms with Crippen molar-refractivity contribution in [3.8, 4) is 0 Å². The van der Waals surface area contributed by atoms with Gasteiger partial charge in [-0.15, -0.1) is 0 Å². The van der Waals surface area contributed by atoms with Crippen LogP contribution in [-0.2, 0) is 19.1 Å². The summed E-state index contributed by atoms with van der Waals surface area (Å²) in [5.41, 5.74) is -0.957. The number of nitrogens with zero attached hydrogens (tertiary/aromatic N) is 1. The van der Waals surface area contributed by atoms with Crippen molar-refractivity contribution >= 4 is 29.8 Å². The Morgan fingerprint density at radius 2 is 2.04 bits per heavy atom. The lowest BCUT2D eigenvalue weighted by molar-refractivity contribution is -0.151. The van der Waals surface area contributed by atoms with E-state index in [1.165, 1.54) is 0 Å². The number of imide groups is 2. The molecule has 0 aromatic rings. The van der Waals surface area contributed by atoms with Crippen molar-refractivity contribution in [3.05, 3.63) is 0 Å². The van der Waals surface area contributed by atoms with Gasteiger partial charge in [-0.05, 0) is 32.1 Å². The summed E-state index contributed by atoms with van der Waals surface area (Å²) in [6.07, 6.45) is 3.88. The van der Waals surface area contributed by atoms with Crippen LogP contribution in [0.3, 0.4) is 0 Å². The van der Waals surface area contributed by atoms with Gasteiger partial charge in [0.25, 0.3) is 11.8 Å². The van der Waals surface area contributed by atoms with E-state index in [4.69, 9.17) is 4.74 Å². The van der Waals surface area contributed by atoms with Gasteiger partial charge in [-0.2, -0.15) is 0 Å². The zero-order valence-corrected chi connectivity index (χ0v) is 16.5. The van der Waals surface area contributed by atoms with Crippen LogP contribution < -0.4 is 16.0 Å². The van der Waals surface area contributed by atoms with Crippen molar-refractivity contribution < 1.29 is 28.7 Å². The zero-order valence-electron chi connectivity index (χ0n) is 16.5. The van der Waals surface area contributed by atoms with Crippen molar-refractivity contribution in [3.63, 3.8) is 0 Å². The van der Waals surface area contributed by atoms with Crippen molar-refractivity contribution in [2.45, 2.75) is 64.5 Å². The molecule has 2 aliphatic rings. The first kappa shape index (κ1) is 21.6. The molecule has 1 saturated carbocycles. The molecule has 0 aromatic heterocycles. The third-order valence-electron chi connectivity index (χ3n) is 5.40. The van der Waals surface area contributed by atoms with Gasteiger partial charge in [-0.3, -0.25) is 24.6 Å². The predicted octanol–water partition coefficient (Wildman–Crippen LogP) is 0.655. The fraction of sp³-hybridized carbons (Fsp3) is 0.722. The second-order valence-corrected chi connectivity index (χ2v) is 7.43. The van der Waals surface area contributed by atoms with E-state index in [2.05, 4.69) is 10.6 Å². The Morgan fingerprint density at radius 3 is 2.68 bits per heavy atom. The summed E-state index contributed by atoms with van der Waals surface area (Å²) in [7, 11) is 0. The smallest absolute Gasteiger partial charge is 0.326 e. The van der Waals surface area contributed by atoms with E-state index in [9.17, 15) is 24.0 Å². The summed E-state index contributed by atoms with van der Waals surface area (Å²) in [6.45, 7) is 4.31. The first-order chi connectivity index (χ1) is 13.2. The normalized spacial score (nSPS) is 25.2. The number of carbonyl (C=O) groups excluding carboxylic acids is 5. The van der Waals surface area contributed by atoms with Crippen LogP contribution in [-0.4, -0.2) is 59.5 Å². The minimum atomic E-state index is -0.957. The lowest BCUT2D eigenvalue weighted by Crippen LogP contribution is -2.54. The molecule has 10 heteroatoms. The quantitative estimate of drug-likeness (QED) is 0.446. The van der Waals surface area contributed by atoms with E-state index in [0.29, 0.717) is 12.8 Å². The van der Waals surface area contributed by atoms with Gasteiger partial charge in [0.2, 0.25) is 0 Å². The van der Waals surface area contributed by atoms with Crippen LogP contribution in [0.4, 0.5) is 9.59 Å². The Bertz CT molecular complexity index is 666. The highest BCUT2D eigenvalue weighted by Gasteiger charge is 2.55. The maximum Gasteiger partial charge on any atom is 0.326 e. The number of hydrogen-bond donors (Lipinski definition) is 3. The number of hydrogen-bond acceptors (Lipinski definition) is 6. The van der Waals surface area contributed by atoms with Gasteiger partial charge in [0.05, 0.1) is 0 Å². The zero-order chi connectivity index (χ0) is 20.9. The summed E-state index contributed by atoms with van der Waals surface area (Å²) in [5.74, 6) is -2.15. The Kier molecular flexibility index (Phi) is 6.98. The van der Waals surface area contributed by atoms with Crippen LogP contribution in [0.5, 0.6) is 0 Å². The lowest BCUT2D eigenvalue weighted by Gasteiger charge is -2.36. The molecule has 1 spiro atoms. The highest BCUT2D eigenvalue weighted by atomic mass is 16.5. The molecule has 1 heterocycles. The number of carbonyl (C=O) groups is 5. The number of esters is 1. The molecular formula is C18H28N4O6. The number of amides is 6.